The van der Waals surface area contributed by atoms with Crippen molar-refractivity contribution in [3.8, 4) is 11.5 Å². The van der Waals surface area contributed by atoms with Gasteiger partial charge in [0.05, 0.1) is 17.1 Å². The van der Waals surface area contributed by atoms with Crippen LogP contribution >= 0.6 is 15.9 Å². The van der Waals surface area contributed by atoms with Gasteiger partial charge < -0.3 is 9.84 Å². The number of methoxy groups -OCH3 is 1. The standard InChI is InChI=1S/C13H13BrFNO3/c1-19-12-8(14)6-9(15)10(11(12)18)13(16-7-17)4-2-3-5-13/h6,18H,2-5H2,1H3. The smallest absolute Gasteiger partial charge is 0.235 e. The van der Waals surface area contributed by atoms with E-state index in [1.54, 1.807) is 0 Å². The lowest BCUT2D eigenvalue weighted by molar-refractivity contribution is 0.344. The monoisotopic (exact) mass is 329 g/mol. The molecule has 4 nitrogen and oxygen atoms in total. The predicted molar refractivity (Wildman–Crippen MR) is 70.6 cm³/mol. The molecule has 1 aromatic rings. The predicted octanol–water partition coefficient (Wildman–Crippen LogP) is 3.41. The van der Waals surface area contributed by atoms with Crippen molar-refractivity contribution in [2.45, 2.75) is 31.2 Å². The third-order valence-electron chi connectivity index (χ3n) is 3.52. The largest absolute Gasteiger partial charge is 0.504 e. The molecule has 1 aromatic carbocycles. The molecule has 0 spiro atoms. The average molecular weight is 330 g/mol. The summed E-state index contributed by atoms with van der Waals surface area (Å²) in [5, 5.41) is 10.2. The number of ether oxygens (including phenoxy) is 1. The van der Waals surface area contributed by atoms with Crippen LogP contribution in [-0.2, 0) is 10.3 Å². The van der Waals surface area contributed by atoms with Gasteiger partial charge in [-0.15, -0.1) is 0 Å². The molecule has 0 radical (unpaired) electrons. The topological polar surface area (TPSA) is 58.9 Å². The van der Waals surface area contributed by atoms with E-state index in [4.69, 9.17) is 4.74 Å². The molecular weight excluding hydrogens is 317 g/mol. The van der Waals surface area contributed by atoms with E-state index in [0.29, 0.717) is 17.3 Å². The lowest BCUT2D eigenvalue weighted by Crippen LogP contribution is -2.21. The SMILES string of the molecule is COc1c(Br)cc(F)c(C2(N=C=O)CCCC2)c1O. The zero-order valence-electron chi connectivity index (χ0n) is 10.4. The Morgan fingerprint density at radius 2 is 2.16 bits per heavy atom. The van der Waals surface area contributed by atoms with Crippen LogP contribution in [0.15, 0.2) is 15.5 Å². The van der Waals surface area contributed by atoms with Gasteiger partial charge in [-0.05, 0) is 34.8 Å². The Morgan fingerprint density at radius 1 is 1.53 bits per heavy atom. The molecule has 0 amide bonds. The fourth-order valence-electron chi connectivity index (χ4n) is 2.69. The number of aromatic hydroxyl groups is 1. The number of nitrogens with zero attached hydrogens (tertiary/aromatic N) is 1. The highest BCUT2D eigenvalue weighted by Crippen LogP contribution is 2.50. The van der Waals surface area contributed by atoms with Crippen LogP contribution in [0, 0.1) is 5.82 Å². The van der Waals surface area contributed by atoms with Gasteiger partial charge in [-0.3, -0.25) is 0 Å². The van der Waals surface area contributed by atoms with E-state index in [-0.39, 0.29) is 17.1 Å². The van der Waals surface area contributed by atoms with Crippen molar-refractivity contribution < 1.29 is 19.0 Å². The highest BCUT2D eigenvalue weighted by molar-refractivity contribution is 9.10. The first-order valence-corrected chi connectivity index (χ1v) is 6.69. The van der Waals surface area contributed by atoms with Crippen LogP contribution in [0.2, 0.25) is 0 Å². The number of phenols is 1. The molecule has 2 rings (SSSR count). The molecule has 0 unspecified atom stereocenters. The van der Waals surface area contributed by atoms with Crippen molar-refractivity contribution in [3.63, 3.8) is 0 Å². The highest BCUT2D eigenvalue weighted by Gasteiger charge is 2.41. The number of hydrogen-bond acceptors (Lipinski definition) is 4. The van der Waals surface area contributed by atoms with E-state index in [9.17, 15) is 14.3 Å². The van der Waals surface area contributed by atoms with Gasteiger partial charge in [-0.2, -0.15) is 4.99 Å². The maximum Gasteiger partial charge on any atom is 0.235 e. The van der Waals surface area contributed by atoms with Crippen LogP contribution in [0.25, 0.3) is 0 Å². The summed E-state index contributed by atoms with van der Waals surface area (Å²) in [4.78, 5) is 14.4. The van der Waals surface area contributed by atoms with E-state index >= 15 is 0 Å². The number of phenolic OH excluding ortho intramolecular Hbond substituents is 1. The minimum absolute atomic E-state index is 0.0217. The molecular formula is C13H13BrFNO3. The molecule has 0 heterocycles. The van der Waals surface area contributed by atoms with E-state index in [1.165, 1.54) is 19.3 Å². The Kier molecular flexibility index (Phi) is 3.92. The third kappa shape index (κ3) is 2.26. The summed E-state index contributed by atoms with van der Waals surface area (Å²) in [5.41, 5.74) is -1.00. The van der Waals surface area contributed by atoms with Gasteiger partial charge >= 0.3 is 0 Å². The number of aliphatic imine (C=N–C) groups is 1. The molecule has 6 heteroatoms. The van der Waals surface area contributed by atoms with Gasteiger partial charge in [0, 0.05) is 0 Å². The second kappa shape index (κ2) is 5.31. The second-order valence-electron chi connectivity index (χ2n) is 4.54. The van der Waals surface area contributed by atoms with Crippen LogP contribution in [0.4, 0.5) is 4.39 Å². The Labute approximate surface area is 118 Å². The van der Waals surface area contributed by atoms with Gasteiger partial charge in [0.2, 0.25) is 6.08 Å². The third-order valence-corrected chi connectivity index (χ3v) is 4.11. The second-order valence-corrected chi connectivity index (χ2v) is 5.39. The molecule has 1 aliphatic carbocycles. The molecule has 102 valence electrons. The van der Waals surface area contributed by atoms with E-state index in [0.717, 1.165) is 12.8 Å². The zero-order chi connectivity index (χ0) is 14.0. The quantitative estimate of drug-likeness (QED) is 0.682. The molecule has 0 bridgehead atoms. The molecule has 0 aromatic heterocycles. The van der Waals surface area contributed by atoms with E-state index in [1.807, 2.05) is 0 Å². The van der Waals surface area contributed by atoms with Crippen molar-refractivity contribution >= 4 is 22.0 Å². The number of halogens is 2. The minimum Gasteiger partial charge on any atom is -0.504 e. The molecule has 0 saturated heterocycles. The fourth-order valence-corrected chi connectivity index (χ4v) is 3.24. The Balaban J connectivity index is 2.70. The van der Waals surface area contributed by atoms with Gasteiger partial charge in [-0.25, -0.2) is 9.18 Å². The summed E-state index contributed by atoms with van der Waals surface area (Å²) >= 11 is 3.12. The normalized spacial score (nSPS) is 17.0. The maximum absolute atomic E-state index is 14.2. The van der Waals surface area contributed by atoms with Gasteiger partial charge in [0.1, 0.15) is 11.4 Å². The van der Waals surface area contributed by atoms with Crippen LogP contribution in [0.1, 0.15) is 31.2 Å². The molecule has 1 aliphatic rings. The summed E-state index contributed by atoms with van der Waals surface area (Å²) < 4.78 is 19.6. The lowest BCUT2D eigenvalue weighted by atomic mass is 9.87. The van der Waals surface area contributed by atoms with Crippen LogP contribution < -0.4 is 4.74 Å². The Bertz CT molecular complexity index is 549. The van der Waals surface area contributed by atoms with E-state index < -0.39 is 11.4 Å². The van der Waals surface area contributed by atoms with Crippen LogP contribution in [0.3, 0.4) is 0 Å². The molecule has 0 aliphatic heterocycles. The zero-order valence-corrected chi connectivity index (χ0v) is 12.0. The number of isocyanates is 1. The summed E-state index contributed by atoms with van der Waals surface area (Å²) in [7, 11) is 1.38. The summed E-state index contributed by atoms with van der Waals surface area (Å²) in [5.74, 6) is -0.773. The highest BCUT2D eigenvalue weighted by atomic mass is 79.9. The van der Waals surface area contributed by atoms with Crippen LogP contribution in [0.5, 0.6) is 11.5 Å². The molecule has 19 heavy (non-hydrogen) atoms. The summed E-state index contributed by atoms with van der Waals surface area (Å²) in [6.45, 7) is 0. The number of rotatable bonds is 3. The Morgan fingerprint density at radius 3 is 2.68 bits per heavy atom. The first kappa shape index (κ1) is 14.0. The molecule has 1 N–H and O–H groups in total. The number of hydrogen-bond donors (Lipinski definition) is 1. The molecule has 1 saturated carbocycles. The van der Waals surface area contributed by atoms with E-state index in [2.05, 4.69) is 20.9 Å². The minimum atomic E-state index is -1.02. The number of benzene rings is 1. The van der Waals surface area contributed by atoms with Crippen molar-refractivity contribution in [2.24, 2.45) is 4.99 Å². The molecule has 1 fully saturated rings. The average Bonchev–Trinajstić information content (AvgIpc) is 2.78. The lowest BCUT2D eigenvalue weighted by Gasteiger charge is -2.25. The Hall–Kier alpha value is -1.39. The first-order chi connectivity index (χ1) is 9.05. The molecule has 0 atom stereocenters. The van der Waals surface area contributed by atoms with Crippen molar-refractivity contribution in [1.82, 2.24) is 0 Å². The fraction of sp³-hybridized carbons (Fsp3) is 0.462. The van der Waals surface area contributed by atoms with Gasteiger partial charge in [0.25, 0.3) is 0 Å². The van der Waals surface area contributed by atoms with Crippen molar-refractivity contribution in [3.05, 3.63) is 21.9 Å². The first-order valence-electron chi connectivity index (χ1n) is 5.90. The number of carbonyl (C=O) groups excluding carboxylic acids is 1. The van der Waals surface area contributed by atoms with Crippen molar-refractivity contribution in [1.29, 1.82) is 0 Å². The summed E-state index contributed by atoms with van der Waals surface area (Å²) in [6.07, 6.45) is 4.17. The van der Waals surface area contributed by atoms with Crippen molar-refractivity contribution in [2.75, 3.05) is 7.11 Å². The van der Waals surface area contributed by atoms with Gasteiger partial charge in [-0.1, -0.05) is 12.8 Å². The summed E-state index contributed by atoms with van der Waals surface area (Å²) in [6, 6.07) is 1.22. The van der Waals surface area contributed by atoms with Crippen LogP contribution in [-0.4, -0.2) is 18.3 Å². The van der Waals surface area contributed by atoms with Gasteiger partial charge in [0.15, 0.2) is 11.5 Å². The maximum atomic E-state index is 14.2.